The number of carbonyl (C=O) groups excluding carboxylic acids is 1. The van der Waals surface area contributed by atoms with Gasteiger partial charge in [-0.2, -0.15) is 0 Å². The van der Waals surface area contributed by atoms with Crippen LogP contribution in [0.15, 0.2) is 24.5 Å². The van der Waals surface area contributed by atoms with Crippen LogP contribution in [-0.2, 0) is 9.47 Å². The smallest absolute Gasteiger partial charge is 0.251 e. The number of amides is 1. The standard InChI is InChI=1S/C16H22N2O3/c19-15(13-5-9-17-10-6-13)18-11-14-12-20-16(21-14)7-3-1-2-4-8-16/h5-6,9-10,14H,1-4,7-8,11-12H2,(H,18,19). The molecule has 5 heteroatoms. The van der Waals surface area contributed by atoms with Gasteiger partial charge < -0.3 is 14.8 Å². The molecule has 2 heterocycles. The van der Waals surface area contributed by atoms with Crippen molar-refractivity contribution in [3.63, 3.8) is 0 Å². The van der Waals surface area contributed by atoms with Gasteiger partial charge in [-0.3, -0.25) is 9.78 Å². The molecule has 1 atom stereocenters. The number of rotatable bonds is 3. The van der Waals surface area contributed by atoms with Crippen LogP contribution in [0.1, 0.15) is 48.9 Å². The maximum atomic E-state index is 12.0. The Balaban J connectivity index is 1.50. The van der Waals surface area contributed by atoms with Crippen molar-refractivity contribution in [3.05, 3.63) is 30.1 Å². The number of carbonyl (C=O) groups is 1. The van der Waals surface area contributed by atoms with E-state index < -0.39 is 0 Å². The highest BCUT2D eigenvalue weighted by molar-refractivity contribution is 5.93. The summed E-state index contributed by atoms with van der Waals surface area (Å²) in [7, 11) is 0. The second-order valence-electron chi connectivity index (χ2n) is 5.82. The van der Waals surface area contributed by atoms with E-state index in [1.165, 1.54) is 12.8 Å². The SMILES string of the molecule is O=C(NCC1COC2(CCCCCC2)O1)c1ccncc1. The molecule has 1 aromatic heterocycles. The molecule has 1 N–H and O–H groups in total. The summed E-state index contributed by atoms with van der Waals surface area (Å²) >= 11 is 0. The topological polar surface area (TPSA) is 60.5 Å². The fourth-order valence-electron chi connectivity index (χ4n) is 3.06. The zero-order valence-corrected chi connectivity index (χ0v) is 12.2. The van der Waals surface area contributed by atoms with Crippen LogP contribution in [0.5, 0.6) is 0 Å². The fourth-order valence-corrected chi connectivity index (χ4v) is 3.06. The molecular formula is C16H22N2O3. The summed E-state index contributed by atoms with van der Waals surface area (Å²) in [4.78, 5) is 15.9. The van der Waals surface area contributed by atoms with E-state index >= 15 is 0 Å². The maximum absolute atomic E-state index is 12.0. The molecule has 1 aliphatic carbocycles. The molecule has 1 saturated heterocycles. The molecule has 0 radical (unpaired) electrons. The van der Waals surface area contributed by atoms with Crippen molar-refractivity contribution in [2.45, 2.75) is 50.4 Å². The molecule has 1 spiro atoms. The van der Waals surface area contributed by atoms with Crippen LogP contribution in [0.3, 0.4) is 0 Å². The van der Waals surface area contributed by atoms with E-state index in [1.807, 2.05) is 0 Å². The van der Waals surface area contributed by atoms with Crippen LogP contribution >= 0.6 is 0 Å². The highest BCUT2D eigenvalue weighted by Crippen LogP contribution is 2.36. The van der Waals surface area contributed by atoms with Crippen molar-refractivity contribution in [3.8, 4) is 0 Å². The van der Waals surface area contributed by atoms with Gasteiger partial charge in [0.15, 0.2) is 5.79 Å². The largest absolute Gasteiger partial charge is 0.349 e. The lowest BCUT2D eigenvalue weighted by Gasteiger charge is -2.26. The summed E-state index contributed by atoms with van der Waals surface area (Å²) in [5, 5.41) is 2.91. The van der Waals surface area contributed by atoms with Crippen molar-refractivity contribution in [1.29, 1.82) is 0 Å². The summed E-state index contributed by atoms with van der Waals surface area (Å²) < 4.78 is 12.0. The summed E-state index contributed by atoms with van der Waals surface area (Å²) in [5.41, 5.74) is 0.619. The molecule has 0 aromatic carbocycles. The molecule has 1 amide bonds. The normalized spacial score (nSPS) is 24.7. The van der Waals surface area contributed by atoms with Gasteiger partial charge in [-0.1, -0.05) is 12.8 Å². The predicted octanol–water partition coefficient (Wildman–Crippen LogP) is 2.28. The third-order valence-electron chi connectivity index (χ3n) is 4.21. The Kier molecular flexibility index (Phi) is 4.51. The summed E-state index contributed by atoms with van der Waals surface area (Å²) in [6.07, 6.45) is 9.98. The van der Waals surface area contributed by atoms with E-state index in [2.05, 4.69) is 10.3 Å². The molecule has 114 valence electrons. The number of hydrogen-bond donors (Lipinski definition) is 1. The van der Waals surface area contributed by atoms with Gasteiger partial charge in [-0.25, -0.2) is 0 Å². The van der Waals surface area contributed by atoms with Crippen LogP contribution < -0.4 is 5.32 Å². The third-order valence-corrected chi connectivity index (χ3v) is 4.21. The van der Waals surface area contributed by atoms with Gasteiger partial charge in [0, 0.05) is 37.3 Å². The van der Waals surface area contributed by atoms with Gasteiger partial charge in [0.25, 0.3) is 5.91 Å². The highest BCUT2D eigenvalue weighted by atomic mass is 16.7. The Morgan fingerprint density at radius 1 is 1.24 bits per heavy atom. The van der Waals surface area contributed by atoms with Gasteiger partial charge >= 0.3 is 0 Å². The van der Waals surface area contributed by atoms with Crippen molar-refractivity contribution < 1.29 is 14.3 Å². The highest BCUT2D eigenvalue weighted by Gasteiger charge is 2.41. The minimum Gasteiger partial charge on any atom is -0.349 e. The molecule has 1 aromatic rings. The first-order valence-corrected chi connectivity index (χ1v) is 7.77. The Bertz CT molecular complexity index is 470. The van der Waals surface area contributed by atoms with Gasteiger partial charge in [-0.15, -0.1) is 0 Å². The van der Waals surface area contributed by atoms with Crippen molar-refractivity contribution in [2.75, 3.05) is 13.2 Å². The molecule has 5 nitrogen and oxygen atoms in total. The van der Waals surface area contributed by atoms with Crippen LogP contribution in [0.4, 0.5) is 0 Å². The molecule has 3 rings (SSSR count). The van der Waals surface area contributed by atoms with E-state index in [0.717, 1.165) is 25.7 Å². The van der Waals surface area contributed by atoms with E-state index in [4.69, 9.17) is 9.47 Å². The van der Waals surface area contributed by atoms with Crippen LogP contribution in [0, 0.1) is 0 Å². The van der Waals surface area contributed by atoms with Crippen molar-refractivity contribution in [2.24, 2.45) is 0 Å². The van der Waals surface area contributed by atoms with Gasteiger partial charge in [-0.05, 0) is 25.0 Å². The molecular weight excluding hydrogens is 268 g/mol. The first kappa shape index (κ1) is 14.5. The lowest BCUT2D eigenvalue weighted by Crippen LogP contribution is -2.36. The summed E-state index contributed by atoms with van der Waals surface area (Å²) in [6, 6.07) is 3.41. The van der Waals surface area contributed by atoms with Gasteiger partial charge in [0.2, 0.25) is 0 Å². The average molecular weight is 290 g/mol. The molecule has 2 fully saturated rings. The number of ether oxygens (including phenoxy) is 2. The fraction of sp³-hybridized carbons (Fsp3) is 0.625. The number of nitrogens with one attached hydrogen (secondary N) is 1. The average Bonchev–Trinajstić information content (AvgIpc) is 2.77. The number of pyridine rings is 1. The Morgan fingerprint density at radius 2 is 1.95 bits per heavy atom. The molecule has 1 saturated carbocycles. The Morgan fingerprint density at radius 3 is 2.67 bits per heavy atom. The quantitative estimate of drug-likeness (QED) is 0.927. The summed E-state index contributed by atoms with van der Waals surface area (Å²) in [6.45, 7) is 1.06. The van der Waals surface area contributed by atoms with E-state index in [-0.39, 0.29) is 17.8 Å². The zero-order valence-electron chi connectivity index (χ0n) is 12.2. The predicted molar refractivity (Wildman–Crippen MR) is 77.8 cm³/mol. The second kappa shape index (κ2) is 6.54. The minimum atomic E-state index is -0.386. The van der Waals surface area contributed by atoms with Crippen molar-refractivity contribution >= 4 is 5.91 Å². The first-order chi connectivity index (χ1) is 10.3. The minimum absolute atomic E-state index is 0.0473. The number of hydrogen-bond acceptors (Lipinski definition) is 4. The first-order valence-electron chi connectivity index (χ1n) is 7.77. The lowest BCUT2D eigenvalue weighted by molar-refractivity contribution is -0.175. The van der Waals surface area contributed by atoms with E-state index in [1.54, 1.807) is 24.5 Å². The van der Waals surface area contributed by atoms with Gasteiger partial charge in [0.1, 0.15) is 6.10 Å². The zero-order chi connectivity index (χ0) is 14.5. The number of aromatic nitrogens is 1. The molecule has 21 heavy (non-hydrogen) atoms. The van der Waals surface area contributed by atoms with Crippen LogP contribution in [-0.4, -0.2) is 35.9 Å². The second-order valence-corrected chi connectivity index (χ2v) is 5.82. The Hall–Kier alpha value is -1.46. The molecule has 1 unspecified atom stereocenters. The molecule has 2 aliphatic rings. The van der Waals surface area contributed by atoms with E-state index in [0.29, 0.717) is 18.7 Å². The molecule has 0 bridgehead atoms. The summed E-state index contributed by atoms with van der Waals surface area (Å²) in [5.74, 6) is -0.481. The van der Waals surface area contributed by atoms with E-state index in [9.17, 15) is 4.79 Å². The van der Waals surface area contributed by atoms with Crippen molar-refractivity contribution in [1.82, 2.24) is 10.3 Å². The van der Waals surface area contributed by atoms with Crippen LogP contribution in [0.25, 0.3) is 0 Å². The monoisotopic (exact) mass is 290 g/mol. The Labute approximate surface area is 125 Å². The molecule has 1 aliphatic heterocycles. The maximum Gasteiger partial charge on any atom is 0.251 e. The number of nitrogens with zero attached hydrogens (tertiary/aromatic N) is 1. The van der Waals surface area contributed by atoms with Gasteiger partial charge in [0.05, 0.1) is 6.61 Å². The third kappa shape index (κ3) is 3.60. The van der Waals surface area contributed by atoms with Crippen LogP contribution in [0.2, 0.25) is 0 Å². The lowest BCUT2D eigenvalue weighted by atomic mass is 10.1.